The number of aryl methyl sites for hydroxylation is 1. The van der Waals surface area contributed by atoms with Gasteiger partial charge < -0.3 is 19.6 Å². The summed E-state index contributed by atoms with van der Waals surface area (Å²) in [5.74, 6) is 1.11. The highest BCUT2D eigenvalue weighted by molar-refractivity contribution is 5.92. The van der Waals surface area contributed by atoms with Crippen LogP contribution in [0.2, 0.25) is 0 Å². The molecule has 1 aliphatic rings. The van der Waals surface area contributed by atoms with E-state index in [1.165, 1.54) is 0 Å². The van der Waals surface area contributed by atoms with Crippen LogP contribution >= 0.6 is 0 Å². The summed E-state index contributed by atoms with van der Waals surface area (Å²) >= 11 is 0. The Kier molecular flexibility index (Phi) is 6.81. The van der Waals surface area contributed by atoms with Gasteiger partial charge in [-0.15, -0.1) is 0 Å². The van der Waals surface area contributed by atoms with Gasteiger partial charge in [0.25, 0.3) is 0 Å². The van der Waals surface area contributed by atoms with Gasteiger partial charge in [-0.1, -0.05) is 12.1 Å². The summed E-state index contributed by atoms with van der Waals surface area (Å²) < 4.78 is 17.1. The van der Waals surface area contributed by atoms with E-state index >= 15 is 0 Å². The Hall–Kier alpha value is -3.16. The first-order valence-electron chi connectivity index (χ1n) is 11.2. The second-order valence-electron chi connectivity index (χ2n) is 8.67. The van der Waals surface area contributed by atoms with Crippen molar-refractivity contribution in [3.63, 3.8) is 0 Å². The summed E-state index contributed by atoms with van der Waals surface area (Å²) in [6.07, 6.45) is 1.98. The molecule has 1 aliphatic heterocycles. The lowest BCUT2D eigenvalue weighted by Gasteiger charge is -2.32. The maximum Gasteiger partial charge on any atom is 0.248 e. The molecular formula is C26H30N2O5. The highest BCUT2D eigenvalue weighted by Gasteiger charge is 2.27. The van der Waals surface area contributed by atoms with E-state index in [4.69, 9.17) is 19.6 Å². The molecule has 1 atom stereocenters. The fraction of sp³-hybridized carbons (Fsp3) is 0.385. The Balaban J connectivity index is 1.60. The number of nitrogens with zero attached hydrogens (tertiary/aromatic N) is 1. The third-order valence-corrected chi connectivity index (χ3v) is 6.38. The van der Waals surface area contributed by atoms with Crippen LogP contribution in [0.1, 0.15) is 51.6 Å². The molecule has 0 spiro atoms. The zero-order chi connectivity index (χ0) is 23.5. The van der Waals surface area contributed by atoms with E-state index in [1.54, 1.807) is 31.4 Å². The smallest absolute Gasteiger partial charge is 0.248 e. The number of ether oxygens (including phenoxy) is 2. The SMILES string of the molecule is COCOc1ccc2c(=O)c(C)c(C3CCCN(Cc4ccc(C(N)=O)cc4)C3)oc2c1C. The minimum atomic E-state index is -0.424. The van der Waals surface area contributed by atoms with Gasteiger partial charge in [-0.25, -0.2) is 0 Å². The summed E-state index contributed by atoms with van der Waals surface area (Å²) in [5.41, 5.74) is 9.02. The predicted octanol–water partition coefficient (Wildman–Crippen LogP) is 3.87. The number of hydrogen-bond donors (Lipinski definition) is 1. The van der Waals surface area contributed by atoms with Crippen molar-refractivity contribution >= 4 is 16.9 Å². The zero-order valence-corrected chi connectivity index (χ0v) is 19.3. The summed E-state index contributed by atoms with van der Waals surface area (Å²) in [7, 11) is 1.57. The van der Waals surface area contributed by atoms with Crippen molar-refractivity contribution in [2.24, 2.45) is 5.73 Å². The number of fused-ring (bicyclic) bond motifs is 1. The van der Waals surface area contributed by atoms with E-state index in [9.17, 15) is 9.59 Å². The first-order chi connectivity index (χ1) is 15.9. The number of piperidine rings is 1. The minimum Gasteiger partial charge on any atom is -0.467 e. The molecule has 1 aromatic heterocycles. The van der Waals surface area contributed by atoms with Crippen LogP contribution in [0.5, 0.6) is 5.75 Å². The number of methoxy groups -OCH3 is 1. The largest absolute Gasteiger partial charge is 0.467 e. The van der Waals surface area contributed by atoms with Gasteiger partial charge in [0.1, 0.15) is 17.1 Å². The van der Waals surface area contributed by atoms with E-state index in [0.717, 1.165) is 49.4 Å². The first-order valence-corrected chi connectivity index (χ1v) is 11.2. The van der Waals surface area contributed by atoms with Gasteiger partial charge in [0.2, 0.25) is 5.91 Å². The van der Waals surface area contributed by atoms with Crippen LogP contribution in [-0.4, -0.2) is 37.8 Å². The average Bonchev–Trinajstić information content (AvgIpc) is 2.81. The summed E-state index contributed by atoms with van der Waals surface area (Å²) in [6, 6.07) is 11.0. The molecule has 2 N–H and O–H groups in total. The summed E-state index contributed by atoms with van der Waals surface area (Å²) in [4.78, 5) is 26.8. The van der Waals surface area contributed by atoms with Crippen molar-refractivity contribution in [2.45, 2.75) is 39.2 Å². The predicted molar refractivity (Wildman–Crippen MR) is 127 cm³/mol. The number of carbonyl (C=O) groups excluding carboxylic acids is 1. The molecule has 7 heteroatoms. The molecule has 2 heterocycles. The molecule has 0 aliphatic carbocycles. The number of amides is 1. The standard InChI is InChI=1S/C26H30N2O5/c1-16-22(32-15-31-3)11-10-21-23(29)17(2)24(33-25(16)21)20-5-4-12-28(14-20)13-18-6-8-19(9-7-18)26(27)30/h6-11,20H,4-5,12-15H2,1-3H3,(H2,27,30). The van der Waals surface area contributed by atoms with Crippen LogP contribution in [0.4, 0.5) is 0 Å². The second kappa shape index (κ2) is 9.77. The van der Waals surface area contributed by atoms with Gasteiger partial charge >= 0.3 is 0 Å². The molecule has 2 aromatic carbocycles. The number of benzene rings is 2. The second-order valence-corrected chi connectivity index (χ2v) is 8.67. The Morgan fingerprint density at radius 3 is 2.61 bits per heavy atom. The van der Waals surface area contributed by atoms with Crippen molar-refractivity contribution in [2.75, 3.05) is 27.0 Å². The molecule has 1 unspecified atom stereocenters. The maximum atomic E-state index is 13.2. The summed E-state index contributed by atoms with van der Waals surface area (Å²) in [6.45, 7) is 6.42. The average molecular weight is 451 g/mol. The molecule has 4 rings (SSSR count). The van der Waals surface area contributed by atoms with E-state index in [0.29, 0.717) is 27.8 Å². The number of rotatable bonds is 7. The third kappa shape index (κ3) is 4.79. The lowest BCUT2D eigenvalue weighted by Crippen LogP contribution is -2.34. The highest BCUT2D eigenvalue weighted by Crippen LogP contribution is 2.33. The molecule has 0 saturated carbocycles. The molecule has 7 nitrogen and oxygen atoms in total. The zero-order valence-electron chi connectivity index (χ0n) is 19.3. The Morgan fingerprint density at radius 2 is 1.91 bits per heavy atom. The number of hydrogen-bond acceptors (Lipinski definition) is 6. The molecule has 33 heavy (non-hydrogen) atoms. The Bertz CT molecular complexity index is 1220. The lowest BCUT2D eigenvalue weighted by molar-refractivity contribution is 0.0507. The Morgan fingerprint density at radius 1 is 1.15 bits per heavy atom. The third-order valence-electron chi connectivity index (χ3n) is 6.38. The van der Waals surface area contributed by atoms with E-state index in [1.807, 2.05) is 26.0 Å². The molecule has 174 valence electrons. The van der Waals surface area contributed by atoms with Crippen molar-refractivity contribution in [3.05, 3.63) is 74.6 Å². The number of nitrogens with two attached hydrogens (primary N) is 1. The molecule has 0 bridgehead atoms. The van der Waals surface area contributed by atoms with E-state index in [-0.39, 0.29) is 18.1 Å². The van der Waals surface area contributed by atoms with E-state index < -0.39 is 5.91 Å². The van der Waals surface area contributed by atoms with E-state index in [2.05, 4.69) is 4.90 Å². The molecule has 1 fully saturated rings. The fourth-order valence-electron chi connectivity index (χ4n) is 4.60. The number of primary amides is 1. The quantitative estimate of drug-likeness (QED) is 0.549. The van der Waals surface area contributed by atoms with Crippen LogP contribution in [0.3, 0.4) is 0 Å². The monoisotopic (exact) mass is 450 g/mol. The van der Waals surface area contributed by atoms with Crippen LogP contribution in [0, 0.1) is 13.8 Å². The summed E-state index contributed by atoms with van der Waals surface area (Å²) in [5, 5.41) is 0.570. The van der Waals surface area contributed by atoms with Crippen LogP contribution in [0.25, 0.3) is 11.0 Å². The van der Waals surface area contributed by atoms with Crippen molar-refractivity contribution in [1.82, 2.24) is 4.90 Å². The molecule has 3 aromatic rings. The van der Waals surface area contributed by atoms with Gasteiger partial charge in [-0.3, -0.25) is 14.5 Å². The first kappa shape index (κ1) is 23.0. The van der Waals surface area contributed by atoms with Crippen molar-refractivity contribution in [3.8, 4) is 5.75 Å². The lowest BCUT2D eigenvalue weighted by atomic mass is 9.92. The van der Waals surface area contributed by atoms with Crippen LogP contribution in [-0.2, 0) is 11.3 Å². The normalized spacial score (nSPS) is 16.8. The molecular weight excluding hydrogens is 420 g/mol. The number of likely N-dealkylation sites (tertiary alicyclic amines) is 1. The van der Waals surface area contributed by atoms with Crippen LogP contribution < -0.4 is 15.9 Å². The number of carbonyl (C=O) groups is 1. The molecule has 0 radical (unpaired) electrons. The van der Waals surface area contributed by atoms with Crippen molar-refractivity contribution in [1.29, 1.82) is 0 Å². The van der Waals surface area contributed by atoms with Gasteiger partial charge in [0.05, 0.1) is 5.39 Å². The molecule has 1 saturated heterocycles. The van der Waals surface area contributed by atoms with Gasteiger partial charge in [0.15, 0.2) is 12.2 Å². The van der Waals surface area contributed by atoms with Gasteiger partial charge in [-0.2, -0.15) is 0 Å². The van der Waals surface area contributed by atoms with Crippen LogP contribution in [0.15, 0.2) is 45.6 Å². The minimum absolute atomic E-state index is 0.00630. The molecule has 1 amide bonds. The van der Waals surface area contributed by atoms with Gasteiger partial charge in [-0.05, 0) is 63.1 Å². The van der Waals surface area contributed by atoms with Crippen molar-refractivity contribution < 1.29 is 18.7 Å². The highest BCUT2D eigenvalue weighted by atomic mass is 16.7. The topological polar surface area (TPSA) is 95.0 Å². The Labute approximate surface area is 193 Å². The fourth-order valence-corrected chi connectivity index (χ4v) is 4.60. The maximum absolute atomic E-state index is 13.2. The van der Waals surface area contributed by atoms with Gasteiger partial charge in [0, 0.05) is 42.8 Å².